The monoisotopic (exact) mass is 471 g/mol. The minimum absolute atomic E-state index is 0.0295. The third-order valence-electron chi connectivity index (χ3n) is 4.63. The van der Waals surface area contributed by atoms with Gasteiger partial charge in [-0.2, -0.15) is 11.8 Å². The standard InChI is InChI=1S/C18H18ClN3O6S2/c1-11-15(19)9-13(10-17(11)22(25)26)30(27,28)20-12-2-3-16(14(8-12)18(23)24)21-4-6-29-7-5-21/h2-3,8-10,20H,4-7H2,1H3,(H,23,24). The van der Waals surface area contributed by atoms with Gasteiger partial charge in [-0.25, -0.2) is 13.2 Å². The van der Waals surface area contributed by atoms with Crippen LogP contribution in [0.4, 0.5) is 17.1 Å². The average molecular weight is 472 g/mol. The van der Waals surface area contributed by atoms with Crippen LogP contribution in [0.3, 0.4) is 0 Å². The first-order valence-corrected chi connectivity index (χ1v) is 11.8. The second-order valence-electron chi connectivity index (χ2n) is 6.55. The minimum atomic E-state index is -4.24. The number of benzene rings is 2. The fraction of sp³-hybridized carbons (Fsp3) is 0.278. The summed E-state index contributed by atoms with van der Waals surface area (Å²) < 4.78 is 27.8. The SMILES string of the molecule is Cc1c(Cl)cc(S(=O)(=O)Nc2ccc(N3CCSCC3)c(C(=O)O)c2)cc1[N+](=O)[O-]. The number of carboxylic acid groups (broad SMARTS) is 1. The molecule has 1 aliphatic rings. The number of sulfonamides is 1. The van der Waals surface area contributed by atoms with Crippen molar-refractivity contribution < 1.29 is 23.2 Å². The van der Waals surface area contributed by atoms with Crippen LogP contribution in [0.2, 0.25) is 5.02 Å². The van der Waals surface area contributed by atoms with Gasteiger partial charge in [0.25, 0.3) is 15.7 Å². The molecule has 0 aliphatic carbocycles. The Hall–Kier alpha value is -2.50. The maximum atomic E-state index is 12.8. The van der Waals surface area contributed by atoms with Crippen molar-refractivity contribution in [3.05, 3.63) is 56.6 Å². The number of nitrogens with one attached hydrogen (secondary N) is 1. The molecule has 9 nitrogen and oxygen atoms in total. The van der Waals surface area contributed by atoms with Crippen molar-refractivity contribution in [3.8, 4) is 0 Å². The topological polar surface area (TPSA) is 130 Å². The lowest BCUT2D eigenvalue weighted by Crippen LogP contribution is -2.33. The first kappa shape index (κ1) is 22.2. The zero-order chi connectivity index (χ0) is 22.1. The Morgan fingerprint density at radius 3 is 2.53 bits per heavy atom. The van der Waals surface area contributed by atoms with E-state index in [1.165, 1.54) is 19.1 Å². The van der Waals surface area contributed by atoms with Gasteiger partial charge in [0.1, 0.15) is 0 Å². The fourth-order valence-corrected chi connectivity index (χ4v) is 5.33. The summed E-state index contributed by atoms with van der Waals surface area (Å²) in [4.78, 5) is 23.8. The molecular weight excluding hydrogens is 454 g/mol. The highest BCUT2D eigenvalue weighted by Crippen LogP contribution is 2.32. The number of hydrogen-bond donors (Lipinski definition) is 2. The van der Waals surface area contributed by atoms with Crippen LogP contribution >= 0.6 is 23.4 Å². The van der Waals surface area contributed by atoms with Crippen LogP contribution in [0, 0.1) is 17.0 Å². The van der Waals surface area contributed by atoms with E-state index in [0.717, 1.165) is 23.6 Å². The van der Waals surface area contributed by atoms with Crippen LogP contribution in [0.1, 0.15) is 15.9 Å². The number of nitrogens with zero attached hydrogens (tertiary/aromatic N) is 2. The van der Waals surface area contributed by atoms with Crippen molar-refractivity contribution >= 4 is 56.4 Å². The molecule has 0 atom stereocenters. The predicted molar refractivity (Wildman–Crippen MR) is 117 cm³/mol. The Labute approximate surface area is 182 Å². The van der Waals surface area contributed by atoms with Gasteiger partial charge in [0.15, 0.2) is 0 Å². The molecule has 12 heteroatoms. The number of carboxylic acids is 1. The number of halogens is 1. The van der Waals surface area contributed by atoms with Gasteiger partial charge in [-0.1, -0.05) is 11.6 Å². The van der Waals surface area contributed by atoms with Crippen molar-refractivity contribution in [1.82, 2.24) is 0 Å². The van der Waals surface area contributed by atoms with Crippen molar-refractivity contribution in [1.29, 1.82) is 0 Å². The molecule has 30 heavy (non-hydrogen) atoms. The zero-order valence-corrected chi connectivity index (χ0v) is 18.2. The molecule has 0 bridgehead atoms. The Kier molecular flexibility index (Phi) is 6.44. The highest BCUT2D eigenvalue weighted by atomic mass is 35.5. The molecule has 0 spiro atoms. The van der Waals surface area contributed by atoms with Crippen molar-refractivity contribution in [2.75, 3.05) is 34.2 Å². The average Bonchev–Trinajstić information content (AvgIpc) is 2.69. The van der Waals surface area contributed by atoms with E-state index in [-0.39, 0.29) is 26.7 Å². The molecule has 2 aromatic carbocycles. The maximum Gasteiger partial charge on any atom is 0.337 e. The van der Waals surface area contributed by atoms with E-state index in [1.807, 2.05) is 4.90 Å². The van der Waals surface area contributed by atoms with Gasteiger partial charge in [0, 0.05) is 41.9 Å². The first-order valence-electron chi connectivity index (χ1n) is 8.77. The molecule has 1 saturated heterocycles. The van der Waals surface area contributed by atoms with E-state index in [0.29, 0.717) is 18.8 Å². The molecule has 2 N–H and O–H groups in total. The van der Waals surface area contributed by atoms with Crippen LogP contribution in [0.5, 0.6) is 0 Å². The summed E-state index contributed by atoms with van der Waals surface area (Å²) in [6.45, 7) is 2.81. The van der Waals surface area contributed by atoms with Crippen LogP contribution in [0.25, 0.3) is 0 Å². The molecule has 1 heterocycles. The van der Waals surface area contributed by atoms with Gasteiger partial charge in [0.05, 0.1) is 26.1 Å². The lowest BCUT2D eigenvalue weighted by molar-refractivity contribution is -0.385. The van der Waals surface area contributed by atoms with Gasteiger partial charge in [-0.3, -0.25) is 14.8 Å². The second kappa shape index (κ2) is 8.70. The quantitative estimate of drug-likeness (QED) is 0.482. The molecule has 0 amide bonds. The van der Waals surface area contributed by atoms with E-state index in [9.17, 15) is 28.4 Å². The molecule has 1 aliphatic heterocycles. The summed E-state index contributed by atoms with van der Waals surface area (Å²) in [6, 6.07) is 6.29. The van der Waals surface area contributed by atoms with Crippen LogP contribution in [-0.4, -0.2) is 49.0 Å². The number of anilines is 2. The third kappa shape index (κ3) is 4.63. The van der Waals surface area contributed by atoms with E-state index in [1.54, 1.807) is 17.8 Å². The van der Waals surface area contributed by atoms with E-state index < -0.39 is 26.6 Å². The first-order chi connectivity index (χ1) is 14.1. The van der Waals surface area contributed by atoms with Crippen LogP contribution < -0.4 is 9.62 Å². The van der Waals surface area contributed by atoms with Crippen LogP contribution in [0.15, 0.2) is 35.2 Å². The van der Waals surface area contributed by atoms with Gasteiger partial charge < -0.3 is 10.0 Å². The number of nitro benzene ring substituents is 1. The Morgan fingerprint density at radius 2 is 1.93 bits per heavy atom. The summed E-state index contributed by atoms with van der Waals surface area (Å²) in [7, 11) is -4.24. The molecule has 0 radical (unpaired) electrons. The van der Waals surface area contributed by atoms with Gasteiger partial charge >= 0.3 is 5.97 Å². The number of nitro groups is 1. The molecule has 3 rings (SSSR count). The predicted octanol–water partition coefficient (Wildman–Crippen LogP) is 3.61. The number of hydrogen-bond acceptors (Lipinski definition) is 7. The maximum absolute atomic E-state index is 12.8. The molecule has 0 saturated carbocycles. The summed E-state index contributed by atoms with van der Waals surface area (Å²) in [5, 5.41) is 20.7. The van der Waals surface area contributed by atoms with Gasteiger partial charge in [-0.15, -0.1) is 0 Å². The molecular formula is C18H18ClN3O6S2. The normalized spacial score (nSPS) is 14.4. The fourth-order valence-electron chi connectivity index (χ4n) is 3.05. The Bertz CT molecular complexity index is 1120. The molecule has 2 aromatic rings. The molecule has 0 aromatic heterocycles. The Morgan fingerprint density at radius 1 is 1.27 bits per heavy atom. The third-order valence-corrected chi connectivity index (χ3v) is 7.32. The van der Waals surface area contributed by atoms with Gasteiger partial charge in [-0.05, 0) is 31.2 Å². The molecule has 0 unspecified atom stereocenters. The van der Waals surface area contributed by atoms with Crippen LogP contribution in [-0.2, 0) is 10.0 Å². The van der Waals surface area contributed by atoms with Crippen molar-refractivity contribution in [2.24, 2.45) is 0 Å². The summed E-state index contributed by atoms with van der Waals surface area (Å²) in [5.74, 6) is 0.569. The minimum Gasteiger partial charge on any atom is -0.478 e. The highest BCUT2D eigenvalue weighted by molar-refractivity contribution is 7.99. The molecule has 160 valence electrons. The highest BCUT2D eigenvalue weighted by Gasteiger charge is 2.24. The lowest BCUT2D eigenvalue weighted by atomic mass is 10.1. The number of aromatic carboxylic acids is 1. The lowest BCUT2D eigenvalue weighted by Gasteiger charge is -2.29. The number of thioether (sulfide) groups is 1. The van der Waals surface area contributed by atoms with Gasteiger partial charge in [0.2, 0.25) is 0 Å². The van der Waals surface area contributed by atoms with E-state index in [2.05, 4.69) is 4.72 Å². The smallest absolute Gasteiger partial charge is 0.337 e. The molecule has 1 fully saturated rings. The van der Waals surface area contributed by atoms with E-state index >= 15 is 0 Å². The zero-order valence-electron chi connectivity index (χ0n) is 15.8. The number of carbonyl (C=O) groups is 1. The van der Waals surface area contributed by atoms with Crippen molar-refractivity contribution in [2.45, 2.75) is 11.8 Å². The summed E-state index contributed by atoms with van der Waals surface area (Å²) in [6.07, 6.45) is 0. The van der Waals surface area contributed by atoms with Crippen molar-refractivity contribution in [3.63, 3.8) is 0 Å². The Balaban J connectivity index is 1.96. The largest absolute Gasteiger partial charge is 0.478 e. The van der Waals surface area contributed by atoms with E-state index in [4.69, 9.17) is 11.6 Å². The summed E-state index contributed by atoms with van der Waals surface area (Å²) in [5.41, 5.74) is 0.238. The number of rotatable bonds is 6. The second-order valence-corrected chi connectivity index (χ2v) is 9.86. The summed E-state index contributed by atoms with van der Waals surface area (Å²) >= 11 is 7.75.